The topological polar surface area (TPSA) is 9.23 Å². The first-order valence-electron chi connectivity index (χ1n) is 3.82. The van der Waals surface area contributed by atoms with Gasteiger partial charge in [0.15, 0.2) is 0 Å². The van der Waals surface area contributed by atoms with Crippen LogP contribution in [-0.2, 0) is 0 Å². The van der Waals surface area contributed by atoms with Gasteiger partial charge >= 0.3 is 0 Å². The molecule has 1 nitrogen and oxygen atoms in total. The Balaban J connectivity index is 2.47. The van der Waals surface area contributed by atoms with Crippen LogP contribution in [0.4, 0.5) is 0 Å². The van der Waals surface area contributed by atoms with Crippen molar-refractivity contribution < 1.29 is 4.74 Å². The fourth-order valence-electron chi connectivity index (χ4n) is 0.771. The molecule has 64 valence electrons. The van der Waals surface area contributed by atoms with Crippen molar-refractivity contribution in [1.82, 2.24) is 0 Å². The third-order valence-corrected chi connectivity index (χ3v) is 1.65. The molecule has 1 aromatic rings. The molecule has 0 amide bonds. The maximum atomic E-state index is 5.70. The standard InChI is InChI=1S/C10H11ClO/c1-2-3-8-12-10-6-4-9(11)5-7-10/h2-7H,8H2,1H3/b3-2-. The minimum Gasteiger partial charge on any atom is -0.490 e. The second kappa shape index (κ2) is 4.83. The number of halogens is 1. The molecule has 0 bridgehead atoms. The molecule has 0 radical (unpaired) electrons. The molecule has 0 fully saturated rings. The zero-order chi connectivity index (χ0) is 8.81. The molecular formula is C10H11ClO. The first-order chi connectivity index (χ1) is 5.83. The summed E-state index contributed by atoms with van der Waals surface area (Å²) in [5.74, 6) is 0.845. The Hall–Kier alpha value is -0.950. The zero-order valence-corrected chi connectivity index (χ0v) is 7.71. The summed E-state index contributed by atoms with van der Waals surface area (Å²) in [5.41, 5.74) is 0. The van der Waals surface area contributed by atoms with Gasteiger partial charge in [-0.1, -0.05) is 23.8 Å². The van der Waals surface area contributed by atoms with Crippen LogP contribution in [0.3, 0.4) is 0 Å². The van der Waals surface area contributed by atoms with E-state index in [9.17, 15) is 0 Å². The lowest BCUT2D eigenvalue weighted by Gasteiger charge is -2.01. The van der Waals surface area contributed by atoms with Gasteiger partial charge in [-0.25, -0.2) is 0 Å². The van der Waals surface area contributed by atoms with Gasteiger partial charge in [0, 0.05) is 5.02 Å². The fraction of sp³-hybridized carbons (Fsp3) is 0.200. The van der Waals surface area contributed by atoms with E-state index in [2.05, 4.69) is 0 Å². The van der Waals surface area contributed by atoms with Crippen LogP contribution in [0.1, 0.15) is 6.92 Å². The number of allylic oxidation sites excluding steroid dienone is 1. The van der Waals surface area contributed by atoms with E-state index in [0.29, 0.717) is 6.61 Å². The van der Waals surface area contributed by atoms with Crippen LogP contribution in [0.15, 0.2) is 36.4 Å². The third-order valence-electron chi connectivity index (χ3n) is 1.40. The highest BCUT2D eigenvalue weighted by molar-refractivity contribution is 6.30. The molecule has 0 aliphatic heterocycles. The predicted octanol–water partition coefficient (Wildman–Crippen LogP) is 3.29. The fourth-order valence-corrected chi connectivity index (χ4v) is 0.897. The number of hydrogen-bond donors (Lipinski definition) is 0. The number of hydrogen-bond acceptors (Lipinski definition) is 1. The van der Waals surface area contributed by atoms with Crippen molar-refractivity contribution in [2.75, 3.05) is 6.61 Å². The normalized spacial score (nSPS) is 10.5. The summed E-state index contributed by atoms with van der Waals surface area (Å²) < 4.78 is 5.36. The average Bonchev–Trinajstić information content (AvgIpc) is 2.09. The van der Waals surface area contributed by atoms with E-state index < -0.39 is 0 Å². The van der Waals surface area contributed by atoms with Gasteiger partial charge in [0.05, 0.1) is 0 Å². The van der Waals surface area contributed by atoms with E-state index in [1.807, 2.05) is 43.3 Å². The first kappa shape index (κ1) is 9.14. The maximum Gasteiger partial charge on any atom is 0.119 e. The summed E-state index contributed by atoms with van der Waals surface area (Å²) in [4.78, 5) is 0. The molecule has 0 aromatic heterocycles. The highest BCUT2D eigenvalue weighted by Crippen LogP contribution is 2.15. The van der Waals surface area contributed by atoms with Gasteiger partial charge in [-0.05, 0) is 31.2 Å². The molecule has 0 saturated heterocycles. The highest BCUT2D eigenvalue weighted by Gasteiger charge is 1.90. The van der Waals surface area contributed by atoms with Crippen molar-refractivity contribution in [3.05, 3.63) is 41.4 Å². The lowest BCUT2D eigenvalue weighted by atomic mass is 10.3. The first-order valence-corrected chi connectivity index (χ1v) is 4.20. The Bertz CT molecular complexity index is 251. The molecule has 2 heteroatoms. The van der Waals surface area contributed by atoms with E-state index in [1.165, 1.54) is 0 Å². The molecule has 0 saturated carbocycles. The summed E-state index contributed by atoms with van der Waals surface area (Å²) in [5, 5.41) is 0.730. The molecule has 0 N–H and O–H groups in total. The molecular weight excluding hydrogens is 172 g/mol. The molecule has 12 heavy (non-hydrogen) atoms. The summed E-state index contributed by atoms with van der Waals surface area (Å²) in [6.45, 7) is 2.57. The molecule has 1 rings (SSSR count). The van der Waals surface area contributed by atoms with E-state index >= 15 is 0 Å². The van der Waals surface area contributed by atoms with Crippen LogP contribution >= 0.6 is 11.6 Å². The van der Waals surface area contributed by atoms with E-state index in [1.54, 1.807) is 0 Å². The molecule has 0 aliphatic rings. The van der Waals surface area contributed by atoms with Crippen molar-refractivity contribution in [3.63, 3.8) is 0 Å². The molecule has 0 aliphatic carbocycles. The smallest absolute Gasteiger partial charge is 0.119 e. The SMILES string of the molecule is C/C=C\COc1ccc(Cl)cc1. The van der Waals surface area contributed by atoms with Gasteiger partial charge in [-0.15, -0.1) is 0 Å². The molecule has 0 unspecified atom stereocenters. The van der Waals surface area contributed by atoms with Crippen LogP contribution in [0.25, 0.3) is 0 Å². The Morgan fingerprint density at radius 1 is 1.33 bits per heavy atom. The average molecular weight is 183 g/mol. The Morgan fingerprint density at radius 2 is 2.00 bits per heavy atom. The van der Waals surface area contributed by atoms with Crippen molar-refractivity contribution >= 4 is 11.6 Å². The second-order valence-corrected chi connectivity index (χ2v) is 2.77. The van der Waals surface area contributed by atoms with Crippen LogP contribution in [0.5, 0.6) is 5.75 Å². The van der Waals surface area contributed by atoms with E-state index in [4.69, 9.17) is 16.3 Å². The Kier molecular flexibility index (Phi) is 3.68. The Morgan fingerprint density at radius 3 is 2.58 bits per heavy atom. The highest BCUT2D eigenvalue weighted by atomic mass is 35.5. The van der Waals surface area contributed by atoms with Crippen molar-refractivity contribution in [2.24, 2.45) is 0 Å². The second-order valence-electron chi connectivity index (χ2n) is 2.33. The van der Waals surface area contributed by atoms with Gasteiger partial charge in [-0.2, -0.15) is 0 Å². The minimum atomic E-state index is 0.609. The van der Waals surface area contributed by atoms with E-state index in [0.717, 1.165) is 10.8 Å². The van der Waals surface area contributed by atoms with Gasteiger partial charge in [0.2, 0.25) is 0 Å². The quantitative estimate of drug-likeness (QED) is 0.652. The summed E-state index contributed by atoms with van der Waals surface area (Å²) >= 11 is 5.70. The van der Waals surface area contributed by atoms with Gasteiger partial charge in [0.1, 0.15) is 12.4 Å². The van der Waals surface area contributed by atoms with Crippen molar-refractivity contribution in [2.45, 2.75) is 6.92 Å². The summed E-state index contributed by atoms with van der Waals surface area (Å²) in [7, 11) is 0. The van der Waals surface area contributed by atoms with E-state index in [-0.39, 0.29) is 0 Å². The summed E-state index contributed by atoms with van der Waals surface area (Å²) in [6.07, 6.45) is 3.91. The molecule has 0 atom stereocenters. The van der Waals surface area contributed by atoms with Crippen LogP contribution in [0, 0.1) is 0 Å². The maximum absolute atomic E-state index is 5.70. The third kappa shape index (κ3) is 2.97. The minimum absolute atomic E-state index is 0.609. The molecule has 1 aromatic carbocycles. The van der Waals surface area contributed by atoms with Gasteiger partial charge in [0.25, 0.3) is 0 Å². The summed E-state index contributed by atoms with van der Waals surface area (Å²) in [6, 6.07) is 7.33. The molecule has 0 spiro atoms. The zero-order valence-electron chi connectivity index (χ0n) is 6.96. The van der Waals surface area contributed by atoms with Crippen LogP contribution < -0.4 is 4.74 Å². The van der Waals surface area contributed by atoms with Crippen molar-refractivity contribution in [3.8, 4) is 5.75 Å². The lowest BCUT2D eigenvalue weighted by molar-refractivity contribution is 0.363. The van der Waals surface area contributed by atoms with Gasteiger partial charge in [-0.3, -0.25) is 0 Å². The number of benzene rings is 1. The Labute approximate surface area is 77.6 Å². The van der Waals surface area contributed by atoms with Crippen molar-refractivity contribution in [1.29, 1.82) is 0 Å². The molecule has 0 heterocycles. The number of ether oxygens (including phenoxy) is 1. The lowest BCUT2D eigenvalue weighted by Crippen LogP contribution is -1.91. The monoisotopic (exact) mass is 182 g/mol. The van der Waals surface area contributed by atoms with Gasteiger partial charge < -0.3 is 4.74 Å². The number of rotatable bonds is 3. The van der Waals surface area contributed by atoms with Crippen LogP contribution in [-0.4, -0.2) is 6.61 Å². The largest absolute Gasteiger partial charge is 0.490 e. The predicted molar refractivity (Wildman–Crippen MR) is 51.8 cm³/mol. The van der Waals surface area contributed by atoms with Crippen LogP contribution in [0.2, 0.25) is 5.02 Å².